The van der Waals surface area contributed by atoms with Crippen LogP contribution >= 0.6 is 0 Å². The van der Waals surface area contributed by atoms with Crippen LogP contribution in [0.15, 0.2) is 64.3 Å². The monoisotopic (exact) mass is 376 g/mol. The number of cyclic esters (lactones) is 1. The van der Waals surface area contributed by atoms with Gasteiger partial charge in [-0.15, -0.1) is 0 Å². The Balaban J connectivity index is 1.35. The van der Waals surface area contributed by atoms with Crippen molar-refractivity contribution in [3.63, 3.8) is 0 Å². The van der Waals surface area contributed by atoms with Crippen LogP contribution in [0.25, 0.3) is 10.8 Å². The zero-order valence-corrected chi connectivity index (χ0v) is 15.4. The second-order valence-corrected chi connectivity index (χ2v) is 6.88. The van der Waals surface area contributed by atoms with Crippen molar-refractivity contribution in [2.45, 2.75) is 0 Å². The molecule has 0 saturated carbocycles. The molecule has 3 aliphatic heterocycles. The lowest BCUT2D eigenvalue weighted by Gasteiger charge is -2.34. The lowest BCUT2D eigenvalue weighted by molar-refractivity contribution is -0.130. The van der Waals surface area contributed by atoms with Gasteiger partial charge in [0.05, 0.1) is 6.54 Å². The van der Waals surface area contributed by atoms with E-state index in [1.54, 1.807) is 6.20 Å². The van der Waals surface area contributed by atoms with Crippen molar-refractivity contribution in [2.24, 2.45) is 9.98 Å². The molecule has 0 spiro atoms. The van der Waals surface area contributed by atoms with Gasteiger partial charge in [-0.05, 0) is 16.8 Å². The van der Waals surface area contributed by atoms with Gasteiger partial charge in [-0.1, -0.05) is 36.4 Å². The Labute approximate surface area is 162 Å². The fraction of sp³-hybridized carbons (Fsp3) is 0.286. The summed E-state index contributed by atoms with van der Waals surface area (Å²) >= 11 is 0. The first-order chi connectivity index (χ1) is 13.8. The quantitative estimate of drug-likeness (QED) is 0.592. The molecular weight excluding hydrogens is 356 g/mol. The molecule has 2 aromatic carbocycles. The summed E-state index contributed by atoms with van der Waals surface area (Å²) in [5, 5.41) is 2.10. The van der Waals surface area contributed by atoms with Crippen molar-refractivity contribution < 1.29 is 14.3 Å². The fourth-order valence-corrected chi connectivity index (χ4v) is 3.66. The number of hydrogen-bond acceptors (Lipinski definition) is 7. The van der Waals surface area contributed by atoms with Crippen LogP contribution in [0.2, 0.25) is 0 Å². The summed E-state index contributed by atoms with van der Waals surface area (Å²) in [6.45, 7) is 4.56. The van der Waals surface area contributed by atoms with Crippen molar-refractivity contribution in [3.8, 4) is 0 Å². The normalized spacial score (nSPS) is 21.0. The van der Waals surface area contributed by atoms with Crippen LogP contribution in [0.4, 0.5) is 0 Å². The fourth-order valence-electron chi connectivity index (χ4n) is 3.66. The molecule has 7 heteroatoms. The first-order valence-corrected chi connectivity index (χ1v) is 9.45. The molecule has 3 heterocycles. The number of amidine groups is 1. The minimum Gasteiger partial charge on any atom is -0.463 e. The summed E-state index contributed by atoms with van der Waals surface area (Å²) in [6.07, 6.45) is 1.80. The average molecular weight is 376 g/mol. The number of aliphatic imine (C=N–C) groups is 2. The molecular formula is C21H20N4O3. The minimum atomic E-state index is -0.408. The molecule has 0 aromatic heterocycles. The molecule has 0 aliphatic carbocycles. The molecule has 2 aromatic rings. The Bertz CT molecular complexity index is 1010. The van der Waals surface area contributed by atoms with E-state index in [1.165, 1.54) is 0 Å². The van der Waals surface area contributed by atoms with Crippen LogP contribution < -0.4 is 0 Å². The molecule has 0 atom stereocenters. The van der Waals surface area contributed by atoms with E-state index < -0.39 is 5.97 Å². The van der Waals surface area contributed by atoms with E-state index in [4.69, 9.17) is 9.47 Å². The maximum Gasteiger partial charge on any atom is 0.365 e. The molecule has 28 heavy (non-hydrogen) atoms. The van der Waals surface area contributed by atoms with Gasteiger partial charge in [0.25, 0.3) is 6.02 Å². The van der Waals surface area contributed by atoms with E-state index in [-0.39, 0.29) is 0 Å². The number of piperazine rings is 1. The van der Waals surface area contributed by atoms with Gasteiger partial charge in [-0.3, -0.25) is 0 Å². The van der Waals surface area contributed by atoms with Crippen LogP contribution in [-0.4, -0.2) is 67.0 Å². The highest BCUT2D eigenvalue weighted by Gasteiger charge is 2.27. The second kappa shape index (κ2) is 6.99. The third kappa shape index (κ3) is 3.09. The molecule has 0 amide bonds. The molecule has 5 rings (SSSR count). The van der Waals surface area contributed by atoms with Crippen LogP contribution in [0.3, 0.4) is 0 Å². The van der Waals surface area contributed by atoms with Gasteiger partial charge in [-0.25, -0.2) is 14.8 Å². The SMILES string of the molecule is O=C1OC(c2cccc3ccccc23)=NC1=CN1CCN(C2=NCCO2)CC1. The predicted molar refractivity (Wildman–Crippen MR) is 106 cm³/mol. The van der Waals surface area contributed by atoms with Gasteiger partial charge in [0.1, 0.15) is 6.61 Å². The van der Waals surface area contributed by atoms with Gasteiger partial charge < -0.3 is 19.3 Å². The first-order valence-electron chi connectivity index (χ1n) is 9.45. The number of fused-ring (bicyclic) bond motifs is 1. The zero-order chi connectivity index (χ0) is 18.9. The Morgan fingerprint density at radius 1 is 1.00 bits per heavy atom. The first kappa shape index (κ1) is 16.8. The lowest BCUT2D eigenvalue weighted by Crippen LogP contribution is -2.47. The number of carbonyl (C=O) groups excluding carboxylic acids is 1. The maximum atomic E-state index is 12.4. The number of nitrogens with zero attached hydrogens (tertiary/aromatic N) is 4. The highest BCUT2D eigenvalue weighted by molar-refractivity contribution is 6.16. The molecule has 142 valence electrons. The Morgan fingerprint density at radius 3 is 2.64 bits per heavy atom. The van der Waals surface area contributed by atoms with E-state index in [0.29, 0.717) is 18.2 Å². The van der Waals surface area contributed by atoms with Crippen LogP contribution in [0.5, 0.6) is 0 Å². The van der Waals surface area contributed by atoms with Gasteiger partial charge >= 0.3 is 5.97 Å². The molecule has 0 radical (unpaired) electrons. The summed E-state index contributed by atoms with van der Waals surface area (Å²) in [4.78, 5) is 25.4. The number of esters is 1. The number of benzene rings is 2. The largest absolute Gasteiger partial charge is 0.463 e. The summed E-state index contributed by atoms with van der Waals surface area (Å²) in [6, 6.07) is 14.6. The number of rotatable bonds is 2. The van der Waals surface area contributed by atoms with Gasteiger partial charge in [0.2, 0.25) is 5.90 Å². The average Bonchev–Trinajstić information content (AvgIpc) is 3.39. The van der Waals surface area contributed by atoms with E-state index in [1.807, 2.05) is 42.5 Å². The van der Waals surface area contributed by atoms with Crippen molar-refractivity contribution in [3.05, 3.63) is 59.9 Å². The Morgan fingerprint density at radius 2 is 1.82 bits per heavy atom. The highest BCUT2D eigenvalue weighted by atomic mass is 16.6. The molecule has 1 saturated heterocycles. The molecule has 1 fully saturated rings. The van der Waals surface area contributed by atoms with E-state index in [9.17, 15) is 4.79 Å². The molecule has 7 nitrogen and oxygen atoms in total. The van der Waals surface area contributed by atoms with Crippen molar-refractivity contribution in [1.82, 2.24) is 9.80 Å². The summed E-state index contributed by atoms with van der Waals surface area (Å²) in [5.74, 6) is -0.0470. The van der Waals surface area contributed by atoms with Gasteiger partial charge in [0.15, 0.2) is 5.70 Å². The van der Waals surface area contributed by atoms with Gasteiger partial charge in [0, 0.05) is 37.9 Å². The molecule has 3 aliphatic rings. The maximum absolute atomic E-state index is 12.4. The lowest BCUT2D eigenvalue weighted by atomic mass is 10.0. The van der Waals surface area contributed by atoms with Crippen molar-refractivity contribution >= 4 is 28.7 Å². The number of ether oxygens (including phenoxy) is 2. The third-order valence-electron chi connectivity index (χ3n) is 5.10. The van der Waals surface area contributed by atoms with Crippen LogP contribution in [-0.2, 0) is 14.3 Å². The molecule has 0 N–H and O–H groups in total. The van der Waals surface area contributed by atoms with E-state index in [0.717, 1.165) is 55.1 Å². The molecule has 0 bridgehead atoms. The smallest absolute Gasteiger partial charge is 0.365 e. The number of hydrogen-bond donors (Lipinski definition) is 0. The molecule has 0 unspecified atom stereocenters. The predicted octanol–water partition coefficient (Wildman–Crippen LogP) is 1.99. The Hall–Kier alpha value is -3.35. The highest BCUT2D eigenvalue weighted by Crippen LogP contribution is 2.24. The minimum absolute atomic E-state index is 0.339. The second-order valence-electron chi connectivity index (χ2n) is 6.88. The van der Waals surface area contributed by atoms with E-state index >= 15 is 0 Å². The summed E-state index contributed by atoms with van der Waals surface area (Å²) in [7, 11) is 0. The Kier molecular flexibility index (Phi) is 4.20. The standard InChI is InChI=1S/C21H20N4O3/c26-20-18(14-24-9-11-25(12-10-24)21-22-8-13-27-21)23-19(28-20)17-7-3-5-15-4-1-2-6-16(15)17/h1-7,14H,8-13H2. The third-order valence-corrected chi connectivity index (χ3v) is 5.10. The van der Waals surface area contributed by atoms with Crippen LogP contribution in [0, 0.1) is 0 Å². The van der Waals surface area contributed by atoms with Crippen molar-refractivity contribution in [2.75, 3.05) is 39.3 Å². The van der Waals surface area contributed by atoms with Crippen LogP contribution in [0.1, 0.15) is 5.56 Å². The number of carbonyl (C=O) groups is 1. The van der Waals surface area contributed by atoms with Crippen molar-refractivity contribution in [1.29, 1.82) is 0 Å². The summed E-state index contributed by atoms with van der Waals surface area (Å²) < 4.78 is 11.0. The van der Waals surface area contributed by atoms with Gasteiger partial charge in [-0.2, -0.15) is 0 Å². The summed E-state index contributed by atoms with van der Waals surface area (Å²) in [5.41, 5.74) is 1.17. The topological polar surface area (TPSA) is 66.7 Å². The van der Waals surface area contributed by atoms with E-state index in [2.05, 4.69) is 19.8 Å². The zero-order valence-electron chi connectivity index (χ0n) is 15.4.